The van der Waals surface area contributed by atoms with Gasteiger partial charge in [-0.25, -0.2) is 4.98 Å². The molecule has 0 amide bonds. The Hall–Kier alpha value is -1.36. The molecular formula is C12H19N3O2. The van der Waals surface area contributed by atoms with Crippen LogP contribution in [0, 0.1) is 5.92 Å². The van der Waals surface area contributed by atoms with Gasteiger partial charge in [-0.1, -0.05) is 12.8 Å². The van der Waals surface area contributed by atoms with Gasteiger partial charge in [-0.3, -0.25) is 4.79 Å². The Balaban J connectivity index is 2.14. The van der Waals surface area contributed by atoms with Crippen molar-refractivity contribution >= 4 is 5.82 Å². The van der Waals surface area contributed by atoms with Crippen LogP contribution in [-0.4, -0.2) is 27.3 Å². The number of aromatic nitrogens is 2. The Morgan fingerprint density at radius 2 is 2.29 bits per heavy atom. The number of aliphatic hydroxyl groups is 1. The second-order valence-corrected chi connectivity index (χ2v) is 4.67. The second kappa shape index (κ2) is 5.31. The third-order valence-corrected chi connectivity index (χ3v) is 3.48. The zero-order valence-electron chi connectivity index (χ0n) is 10.1. The summed E-state index contributed by atoms with van der Waals surface area (Å²) in [6.45, 7) is 0.171. The highest BCUT2D eigenvalue weighted by Crippen LogP contribution is 2.25. The van der Waals surface area contributed by atoms with Crippen molar-refractivity contribution in [2.24, 2.45) is 13.0 Å². The van der Waals surface area contributed by atoms with E-state index < -0.39 is 0 Å². The highest BCUT2D eigenvalue weighted by molar-refractivity contribution is 5.32. The van der Waals surface area contributed by atoms with Crippen LogP contribution < -0.4 is 10.9 Å². The predicted molar refractivity (Wildman–Crippen MR) is 65.9 cm³/mol. The van der Waals surface area contributed by atoms with Crippen LogP contribution in [0.15, 0.2) is 17.2 Å². The second-order valence-electron chi connectivity index (χ2n) is 4.67. The van der Waals surface area contributed by atoms with Crippen LogP contribution in [-0.2, 0) is 7.05 Å². The lowest BCUT2D eigenvalue weighted by molar-refractivity contribution is 0.178. The maximum atomic E-state index is 11.8. The lowest BCUT2D eigenvalue weighted by Gasteiger charge is -2.30. The average Bonchev–Trinajstić information content (AvgIpc) is 2.35. The van der Waals surface area contributed by atoms with Crippen molar-refractivity contribution < 1.29 is 5.11 Å². The Kier molecular flexibility index (Phi) is 3.78. The number of aryl methyl sites for hydroxylation is 1. The van der Waals surface area contributed by atoms with Crippen molar-refractivity contribution in [2.75, 3.05) is 11.9 Å². The maximum absolute atomic E-state index is 11.8. The number of anilines is 1. The Labute approximate surface area is 100 Å². The molecule has 2 atom stereocenters. The van der Waals surface area contributed by atoms with Crippen molar-refractivity contribution in [1.29, 1.82) is 0 Å². The summed E-state index contributed by atoms with van der Waals surface area (Å²) in [4.78, 5) is 15.9. The molecule has 17 heavy (non-hydrogen) atoms. The van der Waals surface area contributed by atoms with Gasteiger partial charge in [0.05, 0.1) is 0 Å². The lowest BCUT2D eigenvalue weighted by Crippen LogP contribution is -2.37. The molecule has 0 saturated heterocycles. The van der Waals surface area contributed by atoms with Gasteiger partial charge in [0.15, 0.2) is 5.82 Å². The highest BCUT2D eigenvalue weighted by Gasteiger charge is 2.25. The van der Waals surface area contributed by atoms with Gasteiger partial charge in [0, 0.05) is 38.0 Å². The zero-order chi connectivity index (χ0) is 12.3. The molecule has 0 aliphatic heterocycles. The Morgan fingerprint density at radius 3 is 3.06 bits per heavy atom. The molecule has 1 aromatic heterocycles. The summed E-state index contributed by atoms with van der Waals surface area (Å²) >= 11 is 0. The monoisotopic (exact) mass is 237 g/mol. The summed E-state index contributed by atoms with van der Waals surface area (Å²) < 4.78 is 1.51. The average molecular weight is 237 g/mol. The fraction of sp³-hybridized carbons (Fsp3) is 0.667. The smallest absolute Gasteiger partial charge is 0.293 e. The normalized spacial score (nSPS) is 24.6. The first-order valence-corrected chi connectivity index (χ1v) is 6.11. The molecule has 1 aliphatic rings. The minimum absolute atomic E-state index is 0.116. The molecule has 2 unspecified atom stereocenters. The van der Waals surface area contributed by atoms with Gasteiger partial charge < -0.3 is 15.0 Å². The van der Waals surface area contributed by atoms with Crippen molar-refractivity contribution in [3.05, 3.63) is 22.7 Å². The van der Waals surface area contributed by atoms with Crippen LogP contribution in [0.3, 0.4) is 0 Å². The summed E-state index contributed by atoms with van der Waals surface area (Å²) in [5.74, 6) is 0.621. The molecule has 1 heterocycles. The predicted octanol–water partition coefficient (Wildman–Crippen LogP) is 0.743. The zero-order valence-corrected chi connectivity index (χ0v) is 10.1. The van der Waals surface area contributed by atoms with E-state index in [-0.39, 0.29) is 24.1 Å². The number of aliphatic hydroxyl groups excluding tert-OH is 1. The van der Waals surface area contributed by atoms with E-state index in [1.165, 1.54) is 4.57 Å². The summed E-state index contributed by atoms with van der Waals surface area (Å²) in [6, 6.07) is 0.163. The highest BCUT2D eigenvalue weighted by atomic mass is 16.3. The summed E-state index contributed by atoms with van der Waals surface area (Å²) in [5, 5.41) is 12.5. The molecule has 2 N–H and O–H groups in total. The van der Waals surface area contributed by atoms with Crippen LogP contribution in [0.4, 0.5) is 5.82 Å². The molecule has 2 rings (SSSR count). The first kappa shape index (κ1) is 12.1. The molecule has 1 saturated carbocycles. The molecule has 0 aromatic carbocycles. The molecule has 5 nitrogen and oxygen atoms in total. The van der Waals surface area contributed by atoms with Gasteiger partial charge in [0.1, 0.15) is 0 Å². The van der Waals surface area contributed by atoms with E-state index >= 15 is 0 Å². The standard InChI is InChI=1S/C12H19N3O2/c1-15-7-6-13-11(12(15)17)14-10-5-3-2-4-9(10)8-16/h6-7,9-10,16H,2-5,8H2,1H3,(H,13,14). The van der Waals surface area contributed by atoms with Crippen LogP contribution in [0.5, 0.6) is 0 Å². The van der Waals surface area contributed by atoms with Gasteiger partial charge in [-0.2, -0.15) is 0 Å². The molecule has 94 valence electrons. The number of hydrogen-bond acceptors (Lipinski definition) is 4. The van der Waals surface area contributed by atoms with E-state index in [2.05, 4.69) is 10.3 Å². The molecular weight excluding hydrogens is 218 g/mol. The van der Waals surface area contributed by atoms with Crippen LogP contribution >= 0.6 is 0 Å². The third-order valence-electron chi connectivity index (χ3n) is 3.48. The van der Waals surface area contributed by atoms with Crippen LogP contribution in [0.25, 0.3) is 0 Å². The Bertz CT molecular complexity index is 430. The van der Waals surface area contributed by atoms with E-state index in [1.807, 2.05) is 0 Å². The van der Waals surface area contributed by atoms with Crippen LogP contribution in [0.1, 0.15) is 25.7 Å². The molecule has 5 heteroatoms. The van der Waals surface area contributed by atoms with Gasteiger partial charge in [-0.05, 0) is 12.8 Å². The molecule has 1 aliphatic carbocycles. The molecule has 0 spiro atoms. The van der Waals surface area contributed by atoms with E-state index in [9.17, 15) is 9.90 Å². The maximum Gasteiger partial charge on any atom is 0.293 e. The fourth-order valence-corrected chi connectivity index (χ4v) is 2.39. The summed E-state index contributed by atoms with van der Waals surface area (Å²) in [6.07, 6.45) is 7.55. The van der Waals surface area contributed by atoms with Crippen molar-refractivity contribution in [3.8, 4) is 0 Å². The number of nitrogens with zero attached hydrogens (tertiary/aromatic N) is 2. The lowest BCUT2D eigenvalue weighted by atomic mass is 9.85. The van der Waals surface area contributed by atoms with Crippen molar-refractivity contribution in [2.45, 2.75) is 31.7 Å². The molecule has 1 aromatic rings. The fourth-order valence-electron chi connectivity index (χ4n) is 2.39. The SMILES string of the molecule is Cn1ccnc(NC2CCCCC2CO)c1=O. The summed E-state index contributed by atoms with van der Waals surface area (Å²) in [5.41, 5.74) is -0.116. The number of rotatable bonds is 3. The van der Waals surface area contributed by atoms with Crippen molar-refractivity contribution in [1.82, 2.24) is 9.55 Å². The molecule has 1 fully saturated rings. The van der Waals surface area contributed by atoms with E-state index in [4.69, 9.17) is 0 Å². The molecule has 0 bridgehead atoms. The van der Waals surface area contributed by atoms with E-state index in [0.717, 1.165) is 25.7 Å². The largest absolute Gasteiger partial charge is 0.396 e. The minimum atomic E-state index is -0.116. The van der Waals surface area contributed by atoms with E-state index in [0.29, 0.717) is 5.82 Å². The molecule has 0 radical (unpaired) electrons. The first-order valence-electron chi connectivity index (χ1n) is 6.11. The van der Waals surface area contributed by atoms with Crippen molar-refractivity contribution in [3.63, 3.8) is 0 Å². The first-order chi connectivity index (χ1) is 8.22. The minimum Gasteiger partial charge on any atom is -0.396 e. The number of hydrogen-bond donors (Lipinski definition) is 2. The van der Waals surface area contributed by atoms with Gasteiger partial charge in [0.2, 0.25) is 0 Å². The topological polar surface area (TPSA) is 67.2 Å². The quantitative estimate of drug-likeness (QED) is 0.814. The third kappa shape index (κ3) is 2.66. The van der Waals surface area contributed by atoms with Gasteiger partial charge in [-0.15, -0.1) is 0 Å². The van der Waals surface area contributed by atoms with Gasteiger partial charge in [0.25, 0.3) is 5.56 Å². The number of nitrogens with one attached hydrogen (secondary N) is 1. The Morgan fingerprint density at radius 1 is 1.53 bits per heavy atom. The van der Waals surface area contributed by atoms with E-state index in [1.54, 1.807) is 19.4 Å². The van der Waals surface area contributed by atoms with Gasteiger partial charge >= 0.3 is 0 Å². The summed E-state index contributed by atoms with van der Waals surface area (Å²) in [7, 11) is 1.71. The van der Waals surface area contributed by atoms with Crippen LogP contribution in [0.2, 0.25) is 0 Å².